The Kier molecular flexibility index (Phi) is 13.2. The van der Waals surface area contributed by atoms with Crippen molar-refractivity contribution >= 4 is 52.5 Å². The smallest absolute Gasteiger partial charge is 0.253 e. The molecule has 2 heterocycles. The molecule has 0 aliphatic heterocycles. The van der Waals surface area contributed by atoms with Gasteiger partial charge in [-0.2, -0.15) is 0 Å². The van der Waals surface area contributed by atoms with Crippen molar-refractivity contribution in [2.45, 2.75) is 18.6 Å². The third kappa shape index (κ3) is 8.60. The molecule has 0 unspecified atom stereocenters. The van der Waals surface area contributed by atoms with E-state index in [1.165, 1.54) is 0 Å². The Morgan fingerprint density at radius 1 is 0.932 bits per heavy atom. The molecule has 0 aliphatic carbocycles. The normalized spacial score (nSPS) is 12.2. The Morgan fingerprint density at radius 3 is 2.50 bits per heavy atom. The van der Waals surface area contributed by atoms with Gasteiger partial charge in [0.2, 0.25) is 0 Å². The molecular formula is C32H36Cl2N4O6. The predicted octanol–water partition coefficient (Wildman–Crippen LogP) is 4.01. The third-order valence-electron chi connectivity index (χ3n) is 6.85. The largest absolute Gasteiger partial charge is 0.490 e. The summed E-state index contributed by atoms with van der Waals surface area (Å²) in [6, 6.07) is 22.0. The Labute approximate surface area is 267 Å². The number of carbonyl (C=O) groups is 1. The summed E-state index contributed by atoms with van der Waals surface area (Å²) in [6.45, 7) is 0.314. The van der Waals surface area contributed by atoms with E-state index < -0.39 is 6.10 Å². The van der Waals surface area contributed by atoms with Crippen LogP contribution in [0.3, 0.4) is 0 Å². The van der Waals surface area contributed by atoms with Crippen molar-refractivity contribution in [2.75, 3.05) is 32.9 Å². The van der Waals surface area contributed by atoms with E-state index in [9.17, 15) is 15.0 Å². The minimum absolute atomic E-state index is 0. The van der Waals surface area contributed by atoms with Gasteiger partial charge >= 0.3 is 0 Å². The summed E-state index contributed by atoms with van der Waals surface area (Å²) in [7, 11) is 0. The Morgan fingerprint density at radius 2 is 1.73 bits per heavy atom. The number of H-pyrrole nitrogens is 1. The lowest BCUT2D eigenvalue weighted by molar-refractivity contribution is 0.0946. The van der Waals surface area contributed by atoms with Crippen LogP contribution in [0, 0.1) is 0 Å². The van der Waals surface area contributed by atoms with E-state index in [1.807, 2.05) is 60.8 Å². The topological polar surface area (TPSA) is 149 Å². The molecule has 5 aromatic rings. The molecule has 234 valence electrons. The molecule has 0 radical (unpaired) electrons. The molecule has 2 aromatic heterocycles. The van der Waals surface area contributed by atoms with Crippen LogP contribution in [-0.4, -0.2) is 76.3 Å². The molecule has 0 fully saturated rings. The molecular weight excluding hydrogens is 607 g/mol. The first-order chi connectivity index (χ1) is 20.6. The highest BCUT2D eigenvalue weighted by Crippen LogP contribution is 2.30. The molecule has 10 nitrogen and oxygen atoms in total. The summed E-state index contributed by atoms with van der Waals surface area (Å²) < 4.78 is 12.0. The number of fused-ring (bicyclic) bond motifs is 2. The van der Waals surface area contributed by atoms with Gasteiger partial charge in [0.05, 0.1) is 24.3 Å². The van der Waals surface area contributed by atoms with Crippen LogP contribution in [0.25, 0.3) is 21.8 Å². The average molecular weight is 644 g/mol. The highest BCUT2D eigenvalue weighted by Gasteiger charge is 2.15. The van der Waals surface area contributed by atoms with Gasteiger partial charge in [-0.15, -0.1) is 24.8 Å². The first-order valence-electron chi connectivity index (χ1n) is 13.8. The van der Waals surface area contributed by atoms with Crippen molar-refractivity contribution in [3.8, 4) is 17.2 Å². The number of carbonyl (C=O) groups excluding carboxylic acids is 1. The van der Waals surface area contributed by atoms with Crippen molar-refractivity contribution in [1.82, 2.24) is 20.6 Å². The standard InChI is InChI=1S/C32H34N4O6.2ClH/c37-16-15-35-32(40)27-4-1-3-26-30(12-14-34-31(26)27)42-24-9-7-21(8-10-24)17-22(19-38)36-18-23(39)20-41-29-6-2-5-28-25(29)11-13-33-28;;/h1-14,22-23,33,36-39H,15-20H2,(H,35,40);2*1H/t22-,23-;;/m0../s1. The number of nitrogens with one attached hydrogen (secondary N) is 3. The molecule has 3 aromatic carbocycles. The van der Waals surface area contributed by atoms with Gasteiger partial charge in [-0.05, 0) is 60.5 Å². The van der Waals surface area contributed by atoms with Gasteiger partial charge in [0.1, 0.15) is 30.0 Å². The van der Waals surface area contributed by atoms with E-state index in [4.69, 9.17) is 14.6 Å². The number of para-hydroxylation sites is 1. The van der Waals surface area contributed by atoms with E-state index in [-0.39, 0.29) is 69.7 Å². The highest BCUT2D eigenvalue weighted by molar-refractivity contribution is 6.06. The summed E-state index contributed by atoms with van der Waals surface area (Å²) in [4.78, 5) is 20.0. The minimum atomic E-state index is -0.750. The monoisotopic (exact) mass is 642 g/mol. The predicted molar refractivity (Wildman–Crippen MR) is 175 cm³/mol. The van der Waals surface area contributed by atoms with Crippen molar-refractivity contribution in [2.24, 2.45) is 0 Å². The maximum Gasteiger partial charge on any atom is 0.253 e. The van der Waals surface area contributed by atoms with Crippen LogP contribution in [-0.2, 0) is 6.42 Å². The van der Waals surface area contributed by atoms with E-state index in [0.717, 1.165) is 16.5 Å². The van der Waals surface area contributed by atoms with E-state index >= 15 is 0 Å². The van der Waals surface area contributed by atoms with Crippen LogP contribution in [0.4, 0.5) is 0 Å². The number of hydrogen-bond acceptors (Lipinski definition) is 8. The van der Waals surface area contributed by atoms with Crippen LogP contribution in [0.15, 0.2) is 85.2 Å². The maximum atomic E-state index is 12.5. The zero-order valence-electron chi connectivity index (χ0n) is 23.8. The molecule has 0 bridgehead atoms. The van der Waals surface area contributed by atoms with E-state index in [0.29, 0.717) is 40.1 Å². The molecule has 0 spiro atoms. The van der Waals surface area contributed by atoms with Crippen molar-refractivity contribution in [1.29, 1.82) is 0 Å². The lowest BCUT2D eigenvalue weighted by Crippen LogP contribution is -2.41. The number of hydrogen-bond donors (Lipinski definition) is 6. The van der Waals surface area contributed by atoms with Gasteiger partial charge < -0.3 is 40.4 Å². The van der Waals surface area contributed by atoms with Crippen molar-refractivity contribution in [3.63, 3.8) is 0 Å². The van der Waals surface area contributed by atoms with Crippen LogP contribution in [0.5, 0.6) is 17.2 Å². The second-order valence-electron chi connectivity index (χ2n) is 9.89. The molecule has 0 saturated heterocycles. The number of halogens is 2. The molecule has 0 saturated carbocycles. The molecule has 1 amide bonds. The summed E-state index contributed by atoms with van der Waals surface area (Å²) in [5.41, 5.74) is 2.87. The van der Waals surface area contributed by atoms with Crippen LogP contribution in [0.1, 0.15) is 15.9 Å². The van der Waals surface area contributed by atoms with Gasteiger partial charge in [0, 0.05) is 47.8 Å². The fourth-order valence-electron chi connectivity index (χ4n) is 4.72. The fraction of sp³-hybridized carbons (Fsp3) is 0.250. The van der Waals surface area contributed by atoms with Crippen LogP contribution < -0.4 is 20.1 Å². The Balaban J connectivity index is 0.00000264. The number of amides is 1. The van der Waals surface area contributed by atoms with Crippen LogP contribution in [0.2, 0.25) is 0 Å². The number of nitrogens with zero attached hydrogens (tertiary/aromatic N) is 1. The number of rotatable bonds is 14. The van der Waals surface area contributed by atoms with Gasteiger partial charge in [0.15, 0.2) is 0 Å². The lowest BCUT2D eigenvalue weighted by Gasteiger charge is -2.20. The number of benzene rings is 3. The van der Waals surface area contributed by atoms with Crippen LogP contribution >= 0.6 is 24.8 Å². The van der Waals surface area contributed by atoms with E-state index in [2.05, 4.69) is 20.6 Å². The number of aromatic nitrogens is 2. The number of aromatic amines is 1. The Hall–Kier alpha value is -3.90. The first kappa shape index (κ1) is 34.6. The molecule has 44 heavy (non-hydrogen) atoms. The minimum Gasteiger partial charge on any atom is -0.490 e. The molecule has 5 rings (SSSR count). The number of ether oxygens (including phenoxy) is 2. The van der Waals surface area contributed by atoms with Gasteiger partial charge in [-0.1, -0.05) is 24.3 Å². The van der Waals surface area contributed by atoms with Crippen molar-refractivity contribution in [3.05, 3.63) is 96.3 Å². The maximum absolute atomic E-state index is 12.5. The van der Waals surface area contributed by atoms with Gasteiger partial charge in [-0.3, -0.25) is 9.78 Å². The van der Waals surface area contributed by atoms with Gasteiger partial charge in [-0.25, -0.2) is 0 Å². The summed E-state index contributed by atoms with van der Waals surface area (Å²) in [6.07, 6.45) is 3.24. The van der Waals surface area contributed by atoms with Gasteiger partial charge in [0.25, 0.3) is 5.91 Å². The second-order valence-corrected chi connectivity index (χ2v) is 9.89. The molecule has 2 atom stereocenters. The fourth-order valence-corrected chi connectivity index (χ4v) is 4.72. The summed E-state index contributed by atoms with van der Waals surface area (Å²) in [5.74, 6) is 1.56. The zero-order valence-corrected chi connectivity index (χ0v) is 25.4. The third-order valence-corrected chi connectivity index (χ3v) is 6.85. The number of pyridine rings is 1. The summed E-state index contributed by atoms with van der Waals surface area (Å²) in [5, 5.41) is 36.9. The first-order valence-corrected chi connectivity index (χ1v) is 13.8. The second kappa shape index (κ2) is 16.8. The van der Waals surface area contributed by atoms with Crippen molar-refractivity contribution < 1.29 is 29.6 Å². The highest BCUT2D eigenvalue weighted by atomic mass is 35.5. The lowest BCUT2D eigenvalue weighted by atomic mass is 10.1. The molecule has 12 heteroatoms. The number of aliphatic hydroxyl groups excluding tert-OH is 3. The molecule has 6 N–H and O–H groups in total. The number of aliphatic hydroxyl groups is 3. The zero-order chi connectivity index (χ0) is 29.3. The SMILES string of the molecule is Cl.Cl.O=C(NCCO)c1cccc2c(Oc3ccc(C[C@@H](CO)NC[C@H](O)COc4cccc5[nH]ccc45)cc3)ccnc12. The van der Waals surface area contributed by atoms with E-state index in [1.54, 1.807) is 24.4 Å². The molecule has 0 aliphatic rings. The quantitative estimate of drug-likeness (QED) is 0.106. The average Bonchev–Trinajstić information content (AvgIpc) is 3.51. The summed E-state index contributed by atoms with van der Waals surface area (Å²) >= 11 is 0. The Bertz CT molecular complexity index is 1630.